The van der Waals surface area contributed by atoms with Crippen molar-refractivity contribution < 1.29 is 23.5 Å². The minimum absolute atomic E-state index is 0.0939. The number of nitrogens with one attached hydrogen (secondary N) is 1. The van der Waals surface area contributed by atoms with Gasteiger partial charge in [-0.2, -0.15) is 0 Å². The van der Waals surface area contributed by atoms with Crippen molar-refractivity contribution in [1.82, 2.24) is 10.3 Å². The van der Waals surface area contributed by atoms with E-state index in [1.807, 2.05) is 0 Å². The standard InChI is InChI=1S/C18H20FN3O4/c1-9-13(7-19)14(22-17(9)24)8-26-18-11-6-15(25-2)12(16(20)23)5-10(11)3-4-21-18/h3-6,9,13-14H,7-8H2,1-2H3,(H2,20,23)(H,22,24)/t9?,13-,14?/m0/s1. The Bertz CT molecular complexity index is 858. The summed E-state index contributed by atoms with van der Waals surface area (Å²) in [6.07, 6.45) is 1.54. The summed E-state index contributed by atoms with van der Waals surface area (Å²) in [5.74, 6) is -0.993. The number of primary amides is 1. The van der Waals surface area contributed by atoms with Gasteiger partial charge in [0.05, 0.1) is 25.4 Å². The first kappa shape index (κ1) is 17.9. The Labute approximate surface area is 149 Å². The molecule has 2 aromatic rings. The molecule has 2 heterocycles. The molecule has 3 atom stereocenters. The first-order valence-corrected chi connectivity index (χ1v) is 8.22. The minimum Gasteiger partial charge on any atom is -0.496 e. The molecular formula is C18H20FN3O4. The number of hydrogen-bond donors (Lipinski definition) is 2. The van der Waals surface area contributed by atoms with Crippen LogP contribution in [-0.2, 0) is 4.79 Å². The van der Waals surface area contributed by atoms with Crippen molar-refractivity contribution in [3.63, 3.8) is 0 Å². The number of carbonyl (C=O) groups is 2. The van der Waals surface area contributed by atoms with Gasteiger partial charge < -0.3 is 20.5 Å². The van der Waals surface area contributed by atoms with E-state index in [1.165, 1.54) is 13.3 Å². The quantitative estimate of drug-likeness (QED) is 0.810. The van der Waals surface area contributed by atoms with Crippen LogP contribution < -0.4 is 20.5 Å². The number of nitrogens with two attached hydrogens (primary N) is 1. The molecule has 26 heavy (non-hydrogen) atoms. The third-order valence-corrected chi connectivity index (χ3v) is 4.79. The number of alkyl halides is 1. The number of pyridine rings is 1. The van der Waals surface area contributed by atoms with Crippen LogP contribution in [0.4, 0.5) is 4.39 Å². The Kier molecular flexibility index (Phi) is 4.92. The van der Waals surface area contributed by atoms with Crippen molar-refractivity contribution in [2.45, 2.75) is 13.0 Å². The highest BCUT2D eigenvalue weighted by Gasteiger charge is 2.39. The molecule has 0 radical (unpaired) electrons. The van der Waals surface area contributed by atoms with Crippen LogP contribution in [0, 0.1) is 11.8 Å². The van der Waals surface area contributed by atoms with Gasteiger partial charge in [-0.3, -0.25) is 14.0 Å². The Morgan fingerprint density at radius 2 is 2.19 bits per heavy atom. The normalized spacial score (nSPS) is 22.3. The monoisotopic (exact) mass is 361 g/mol. The topological polar surface area (TPSA) is 104 Å². The molecule has 8 heteroatoms. The summed E-state index contributed by atoms with van der Waals surface area (Å²) in [6.45, 7) is 1.19. The van der Waals surface area contributed by atoms with Gasteiger partial charge in [0.2, 0.25) is 11.8 Å². The lowest BCUT2D eigenvalue weighted by atomic mass is 9.93. The van der Waals surface area contributed by atoms with Crippen LogP contribution >= 0.6 is 0 Å². The number of ether oxygens (including phenoxy) is 2. The Morgan fingerprint density at radius 1 is 1.42 bits per heavy atom. The molecule has 0 aliphatic carbocycles. The van der Waals surface area contributed by atoms with E-state index in [9.17, 15) is 14.0 Å². The van der Waals surface area contributed by atoms with Gasteiger partial charge in [0.15, 0.2) is 0 Å². The van der Waals surface area contributed by atoms with E-state index < -0.39 is 30.5 Å². The van der Waals surface area contributed by atoms with Crippen molar-refractivity contribution >= 4 is 22.6 Å². The van der Waals surface area contributed by atoms with Crippen molar-refractivity contribution in [2.24, 2.45) is 17.6 Å². The van der Waals surface area contributed by atoms with Gasteiger partial charge in [0.25, 0.3) is 5.91 Å². The fourth-order valence-corrected chi connectivity index (χ4v) is 3.19. The van der Waals surface area contributed by atoms with Crippen LogP contribution in [0.1, 0.15) is 17.3 Å². The number of carbonyl (C=O) groups excluding carboxylic acids is 2. The maximum atomic E-state index is 13.2. The van der Waals surface area contributed by atoms with Crippen molar-refractivity contribution in [3.05, 3.63) is 30.0 Å². The molecule has 1 aliphatic rings. The van der Waals surface area contributed by atoms with Crippen LogP contribution in [0.15, 0.2) is 24.4 Å². The molecule has 7 nitrogen and oxygen atoms in total. The zero-order valence-corrected chi connectivity index (χ0v) is 14.5. The first-order valence-electron chi connectivity index (χ1n) is 8.22. The van der Waals surface area contributed by atoms with Crippen LogP contribution in [-0.4, -0.2) is 43.2 Å². The predicted molar refractivity (Wildman–Crippen MR) is 92.9 cm³/mol. The van der Waals surface area contributed by atoms with Gasteiger partial charge in [-0.05, 0) is 23.6 Å². The summed E-state index contributed by atoms with van der Waals surface area (Å²) in [4.78, 5) is 27.5. The third kappa shape index (κ3) is 3.14. The van der Waals surface area contributed by atoms with Crippen LogP contribution in [0.25, 0.3) is 10.8 Å². The number of amides is 2. The number of halogens is 1. The molecule has 3 N–H and O–H groups in total. The lowest BCUT2D eigenvalue weighted by molar-refractivity contribution is -0.122. The second-order valence-corrected chi connectivity index (χ2v) is 6.29. The number of methoxy groups -OCH3 is 1. The smallest absolute Gasteiger partial charge is 0.252 e. The Balaban J connectivity index is 1.89. The summed E-state index contributed by atoms with van der Waals surface area (Å²) in [5, 5.41) is 4.08. The fourth-order valence-electron chi connectivity index (χ4n) is 3.19. The van der Waals surface area contributed by atoms with Gasteiger partial charge in [0, 0.05) is 23.4 Å². The largest absolute Gasteiger partial charge is 0.496 e. The predicted octanol–water partition coefficient (Wildman–Crippen LogP) is 1.44. The zero-order chi connectivity index (χ0) is 18.8. The first-order chi connectivity index (χ1) is 12.5. The van der Waals surface area contributed by atoms with E-state index in [2.05, 4.69) is 10.3 Å². The molecule has 2 amide bonds. The molecule has 1 saturated heterocycles. The fraction of sp³-hybridized carbons (Fsp3) is 0.389. The summed E-state index contributed by atoms with van der Waals surface area (Å²) < 4.78 is 24.2. The van der Waals surface area contributed by atoms with Gasteiger partial charge in [-0.15, -0.1) is 0 Å². The van der Waals surface area contributed by atoms with E-state index in [4.69, 9.17) is 15.2 Å². The second kappa shape index (κ2) is 7.15. The van der Waals surface area contributed by atoms with Crippen LogP contribution in [0.3, 0.4) is 0 Å². The highest BCUT2D eigenvalue weighted by Crippen LogP contribution is 2.31. The van der Waals surface area contributed by atoms with Crippen molar-refractivity contribution in [3.8, 4) is 11.6 Å². The SMILES string of the molecule is COc1cc2c(OCC3NC(=O)C(C)[C@@H]3CF)nccc2cc1C(N)=O. The maximum absolute atomic E-state index is 13.2. The van der Waals surface area contributed by atoms with E-state index in [0.29, 0.717) is 22.4 Å². The number of rotatable bonds is 6. The molecule has 138 valence electrons. The molecule has 0 spiro atoms. The van der Waals surface area contributed by atoms with Crippen LogP contribution in [0.2, 0.25) is 0 Å². The minimum atomic E-state index is -0.604. The number of hydrogen-bond acceptors (Lipinski definition) is 5. The average Bonchev–Trinajstić information content (AvgIpc) is 2.91. The van der Waals surface area contributed by atoms with E-state index in [0.717, 1.165) is 0 Å². The second-order valence-electron chi connectivity index (χ2n) is 6.29. The molecule has 2 unspecified atom stereocenters. The van der Waals surface area contributed by atoms with Crippen LogP contribution in [0.5, 0.6) is 11.6 Å². The van der Waals surface area contributed by atoms with Gasteiger partial charge in [-0.25, -0.2) is 4.98 Å². The number of aromatic nitrogens is 1. The summed E-state index contributed by atoms with van der Waals surface area (Å²) in [7, 11) is 1.44. The van der Waals surface area contributed by atoms with E-state index in [1.54, 1.807) is 25.1 Å². The molecule has 1 aromatic heterocycles. The van der Waals surface area contributed by atoms with Crippen molar-refractivity contribution in [2.75, 3.05) is 20.4 Å². The van der Waals surface area contributed by atoms with Crippen molar-refractivity contribution in [1.29, 1.82) is 0 Å². The number of nitrogens with zero attached hydrogens (tertiary/aromatic N) is 1. The van der Waals surface area contributed by atoms with E-state index in [-0.39, 0.29) is 18.1 Å². The lowest BCUT2D eigenvalue weighted by Crippen LogP contribution is -2.35. The highest BCUT2D eigenvalue weighted by atomic mass is 19.1. The highest BCUT2D eigenvalue weighted by molar-refractivity contribution is 6.01. The molecule has 1 fully saturated rings. The Hall–Kier alpha value is -2.90. The molecule has 3 rings (SSSR count). The van der Waals surface area contributed by atoms with Gasteiger partial charge in [-0.1, -0.05) is 6.92 Å². The molecular weight excluding hydrogens is 341 g/mol. The number of fused-ring (bicyclic) bond motifs is 1. The molecule has 0 saturated carbocycles. The zero-order valence-electron chi connectivity index (χ0n) is 14.5. The maximum Gasteiger partial charge on any atom is 0.252 e. The molecule has 0 bridgehead atoms. The van der Waals surface area contributed by atoms with E-state index >= 15 is 0 Å². The lowest BCUT2D eigenvalue weighted by Gasteiger charge is -2.19. The molecule has 1 aromatic carbocycles. The van der Waals surface area contributed by atoms with Gasteiger partial charge in [0.1, 0.15) is 12.4 Å². The molecule has 1 aliphatic heterocycles. The summed E-state index contributed by atoms with van der Waals surface area (Å²) >= 11 is 0. The number of benzene rings is 1. The summed E-state index contributed by atoms with van der Waals surface area (Å²) in [5.41, 5.74) is 5.63. The van der Waals surface area contributed by atoms with Gasteiger partial charge >= 0.3 is 0 Å². The third-order valence-electron chi connectivity index (χ3n) is 4.79. The Morgan fingerprint density at radius 3 is 2.85 bits per heavy atom. The average molecular weight is 361 g/mol. The summed E-state index contributed by atoms with van der Waals surface area (Å²) in [6, 6.07) is 4.53.